The van der Waals surface area contributed by atoms with E-state index < -0.39 is 221 Å². The van der Waals surface area contributed by atoms with Gasteiger partial charge in [-0.15, -0.1) is 0 Å². The summed E-state index contributed by atoms with van der Waals surface area (Å²) >= 11 is 0. The van der Waals surface area contributed by atoms with E-state index >= 15 is 0 Å². The molecule has 0 aliphatic carbocycles. The van der Waals surface area contributed by atoms with Crippen LogP contribution in [0.5, 0.6) is 5.75 Å². The van der Waals surface area contributed by atoms with Gasteiger partial charge >= 0.3 is 0 Å². The highest BCUT2D eigenvalue weighted by atomic mass is 19.2. The number of nitrogens with zero attached hydrogens (tertiary/aromatic N) is 1. The number of aryl methyl sites for hydroxylation is 1. The zero-order chi connectivity index (χ0) is 72.5. The summed E-state index contributed by atoms with van der Waals surface area (Å²) < 4.78 is 417. The number of aromatic hydroxyl groups is 1. The van der Waals surface area contributed by atoms with Crippen LogP contribution in [0.1, 0.15) is 109 Å². The maximum atomic E-state index is 14.4. The molecule has 0 aliphatic heterocycles. The lowest BCUT2D eigenvalue weighted by Crippen LogP contribution is -2.60. The van der Waals surface area contributed by atoms with Crippen LogP contribution in [0.2, 0.25) is 0 Å². The Kier molecular flexibility index (Phi) is 26.6. The fourth-order valence-electron chi connectivity index (χ4n) is 10.1. The van der Waals surface area contributed by atoms with Crippen molar-refractivity contribution in [1.82, 2.24) is 9.97 Å². The van der Waals surface area contributed by atoms with Crippen molar-refractivity contribution in [2.24, 2.45) is 0 Å². The second kappa shape index (κ2) is 33.2. The van der Waals surface area contributed by atoms with E-state index in [-0.39, 0.29) is 0 Å². The number of aromatic nitrogens is 2. The summed E-state index contributed by atoms with van der Waals surface area (Å²) in [6.07, 6.45) is 23.9. The number of phenols is 1. The standard InChI is InChI=1S/C26H42N2O.2C18BF15/c1-2-3-4-5-6-7-8-9-10-11-12-13-14-15-16-17-26-27-22-25(28-26)23-18-20-24(29)21-19-23;2*20-4-1(5(21)11(27)16(32)10(4)26)19(2-6(22)12(28)17(33)13(29)7(2)23)3-8(24)14(30)18(34)15(31)9(3)25/h18-22,29H,2-17H2,1H3,(H,27,28);;. The highest BCUT2D eigenvalue weighted by molar-refractivity contribution is 6.96. The van der Waals surface area contributed by atoms with Crippen molar-refractivity contribution in [1.29, 1.82) is 0 Å². The van der Waals surface area contributed by atoms with E-state index in [9.17, 15) is 137 Å². The Hall–Kier alpha value is -8.42. The van der Waals surface area contributed by atoms with E-state index in [0.29, 0.717) is 5.75 Å². The number of H-pyrrole nitrogens is 1. The molecular weight excluding hydrogens is 1380 g/mol. The first-order valence-corrected chi connectivity index (χ1v) is 28.5. The van der Waals surface area contributed by atoms with E-state index in [1.54, 1.807) is 12.1 Å². The summed E-state index contributed by atoms with van der Waals surface area (Å²) in [5, 5.41) is 9.39. The fraction of sp³-hybridized carbons (Fsp3) is 0.274. The molecule has 8 rings (SSSR count). The fourth-order valence-corrected chi connectivity index (χ4v) is 10.1. The SMILES string of the molecule is CCCCCCCCCCCCCCCCCc1ncc(-c2ccc(O)cc2)[nH]1.Fc1c(F)c(F)c(B(c2c(F)c(F)c(F)c(F)c2F)c2c(F)c(F)c(F)c(F)c2F)c(F)c1F.Fc1c(F)c(F)c(B(c2c(F)c(F)c(F)c(F)c2F)c2c(F)c(F)c(F)c(F)c2F)c(F)c1F. The molecule has 3 nitrogen and oxygen atoms in total. The zero-order valence-corrected chi connectivity index (χ0v) is 49.1. The average Bonchev–Trinajstić information content (AvgIpc) is 0.896. The van der Waals surface area contributed by atoms with Crippen LogP contribution in [0, 0.1) is 175 Å². The highest BCUT2D eigenvalue weighted by Gasteiger charge is 2.47. The molecule has 7 aromatic carbocycles. The van der Waals surface area contributed by atoms with Crippen molar-refractivity contribution in [2.45, 2.75) is 110 Å². The molecule has 8 aromatic rings. The minimum Gasteiger partial charge on any atom is -0.508 e. The number of halogens is 30. The van der Waals surface area contributed by atoms with Crippen molar-refractivity contribution in [2.75, 3.05) is 0 Å². The Morgan fingerprint density at radius 2 is 0.454 bits per heavy atom. The third-order valence-corrected chi connectivity index (χ3v) is 15.0. The molecule has 0 spiro atoms. The van der Waals surface area contributed by atoms with E-state index in [1.165, 1.54) is 96.3 Å². The number of unbranched alkanes of at least 4 members (excludes halogenated alkanes) is 14. The molecule has 0 amide bonds. The van der Waals surface area contributed by atoms with E-state index in [2.05, 4.69) is 16.9 Å². The number of aromatic amines is 1. The molecule has 1 aromatic heterocycles. The minimum absolute atomic E-state index is 0.297. The molecule has 0 aliphatic rings. The predicted octanol–water partition coefficient (Wildman–Crippen LogP) is 16.8. The molecule has 0 radical (unpaired) electrons. The molecule has 522 valence electrons. The van der Waals surface area contributed by atoms with Gasteiger partial charge in [0.1, 0.15) is 11.6 Å². The maximum absolute atomic E-state index is 14.4. The van der Waals surface area contributed by atoms with Crippen LogP contribution < -0.4 is 32.8 Å². The Morgan fingerprint density at radius 1 is 0.268 bits per heavy atom. The van der Waals surface area contributed by atoms with Gasteiger partial charge in [-0.2, -0.15) is 0 Å². The molecule has 1 heterocycles. The number of phenolic OH excluding ortho intramolecular Hbond substituents is 1. The van der Waals surface area contributed by atoms with Gasteiger partial charge < -0.3 is 10.1 Å². The predicted molar refractivity (Wildman–Crippen MR) is 291 cm³/mol. The summed E-state index contributed by atoms with van der Waals surface area (Å²) in [5.74, 6) is -89.1. The molecule has 0 saturated carbocycles. The normalized spacial score (nSPS) is 11.3. The minimum atomic E-state index is -3.96. The van der Waals surface area contributed by atoms with Crippen LogP contribution in [0.25, 0.3) is 11.3 Å². The van der Waals surface area contributed by atoms with Gasteiger partial charge in [-0.3, -0.25) is 0 Å². The zero-order valence-electron chi connectivity index (χ0n) is 49.1. The molecule has 0 saturated heterocycles. The second-order valence-electron chi connectivity index (χ2n) is 21.3. The monoisotopic (exact) mass is 1420 g/mol. The first-order valence-electron chi connectivity index (χ1n) is 28.5. The Morgan fingerprint density at radius 3 is 0.660 bits per heavy atom. The summed E-state index contributed by atoms with van der Waals surface area (Å²) in [6, 6.07) is 7.26. The molecule has 35 heteroatoms. The summed E-state index contributed by atoms with van der Waals surface area (Å²) in [4.78, 5) is 7.91. The highest BCUT2D eigenvalue weighted by Crippen LogP contribution is 2.28. The van der Waals surface area contributed by atoms with Crippen molar-refractivity contribution >= 4 is 46.2 Å². The number of rotatable bonds is 23. The summed E-state index contributed by atoms with van der Waals surface area (Å²) in [6.45, 7) is -5.63. The Labute approximate surface area is 529 Å². The van der Waals surface area contributed by atoms with E-state index in [0.717, 1.165) is 23.5 Å². The molecular formula is C62H42B2F30N2O. The topological polar surface area (TPSA) is 48.9 Å². The van der Waals surface area contributed by atoms with Gasteiger partial charge in [0.2, 0.25) is 0 Å². The number of benzene rings is 7. The molecule has 0 unspecified atom stereocenters. The van der Waals surface area contributed by atoms with Gasteiger partial charge in [-0.1, -0.05) is 96.8 Å². The van der Waals surface area contributed by atoms with Crippen LogP contribution in [0.3, 0.4) is 0 Å². The smallest absolute Gasteiger partial charge is 0.265 e. The van der Waals surface area contributed by atoms with Gasteiger partial charge in [-0.25, -0.2) is 137 Å². The second-order valence-corrected chi connectivity index (χ2v) is 21.3. The van der Waals surface area contributed by atoms with Crippen LogP contribution in [0.4, 0.5) is 132 Å². The van der Waals surface area contributed by atoms with Crippen molar-refractivity contribution in [3.8, 4) is 17.0 Å². The Bertz CT molecular complexity index is 3490. The third-order valence-electron chi connectivity index (χ3n) is 15.0. The first-order chi connectivity index (χ1) is 45.6. The largest absolute Gasteiger partial charge is 0.508 e. The number of hydrogen-bond acceptors (Lipinski definition) is 2. The van der Waals surface area contributed by atoms with Gasteiger partial charge in [0.05, 0.1) is 11.9 Å². The quantitative estimate of drug-likeness (QED) is 0.0220. The lowest BCUT2D eigenvalue weighted by atomic mass is 9.36. The van der Waals surface area contributed by atoms with Crippen LogP contribution in [-0.2, 0) is 6.42 Å². The van der Waals surface area contributed by atoms with Crippen molar-refractivity contribution in [3.05, 3.63) is 211 Å². The van der Waals surface area contributed by atoms with E-state index in [4.69, 9.17) is 0 Å². The van der Waals surface area contributed by atoms with Crippen molar-refractivity contribution in [3.63, 3.8) is 0 Å². The van der Waals surface area contributed by atoms with Crippen LogP contribution in [0.15, 0.2) is 30.5 Å². The van der Waals surface area contributed by atoms with Crippen LogP contribution >= 0.6 is 0 Å². The van der Waals surface area contributed by atoms with E-state index in [1.807, 2.05) is 18.3 Å². The first kappa shape index (κ1) is 77.6. The lowest BCUT2D eigenvalue weighted by Gasteiger charge is -2.21. The van der Waals surface area contributed by atoms with Gasteiger partial charge in [0.15, 0.2) is 175 Å². The maximum Gasteiger partial charge on any atom is 0.265 e. The molecule has 2 N–H and O–H groups in total. The average molecular weight is 1420 g/mol. The molecule has 0 fully saturated rings. The van der Waals surface area contributed by atoms with Gasteiger partial charge in [0.25, 0.3) is 13.4 Å². The van der Waals surface area contributed by atoms with Gasteiger partial charge in [0, 0.05) is 39.2 Å². The molecule has 97 heavy (non-hydrogen) atoms. The summed E-state index contributed by atoms with van der Waals surface area (Å²) in [5.41, 5.74) is -14.0. The lowest BCUT2D eigenvalue weighted by molar-refractivity contribution is 0.380. The number of nitrogens with one attached hydrogen (secondary N) is 1. The Balaban J connectivity index is 0.000000231. The number of hydrogen-bond donors (Lipinski definition) is 2. The third kappa shape index (κ3) is 16.1. The van der Waals surface area contributed by atoms with Crippen molar-refractivity contribution < 1.29 is 137 Å². The molecule has 0 atom stereocenters. The number of imidazole rings is 1. The van der Waals surface area contributed by atoms with Crippen LogP contribution in [-0.4, -0.2) is 28.5 Å². The summed E-state index contributed by atoms with van der Waals surface area (Å²) in [7, 11) is 0. The molecule has 0 bridgehead atoms. The van der Waals surface area contributed by atoms with Gasteiger partial charge in [-0.05, 0) is 36.2 Å².